The molecule has 8 heteroatoms. The van der Waals surface area contributed by atoms with Gasteiger partial charge < -0.3 is 4.90 Å². The Kier molecular flexibility index (Phi) is 5.78. The molecule has 0 spiro atoms. The van der Waals surface area contributed by atoms with Gasteiger partial charge >= 0.3 is 0 Å². The number of halogens is 1. The molecule has 1 fully saturated rings. The summed E-state index contributed by atoms with van der Waals surface area (Å²) in [6.07, 6.45) is 2.05. The molecule has 1 aromatic heterocycles. The predicted molar refractivity (Wildman–Crippen MR) is 99.3 cm³/mol. The van der Waals surface area contributed by atoms with Crippen molar-refractivity contribution in [1.29, 1.82) is 0 Å². The molecule has 2 aromatic rings. The monoisotopic (exact) mass is 398 g/mol. The predicted octanol–water partition coefficient (Wildman–Crippen LogP) is 3.43. The fourth-order valence-electron chi connectivity index (χ4n) is 3.05. The third kappa shape index (κ3) is 4.23. The highest BCUT2D eigenvalue weighted by Gasteiger charge is 2.30. The number of carbonyl (C=O) groups excluding carboxylic acids is 1. The molecule has 1 N–H and O–H groups in total. The molecule has 1 amide bonds. The second kappa shape index (κ2) is 7.86. The molecular formula is C17H19ClN2O3S2. The maximum atomic E-state index is 12.5. The van der Waals surface area contributed by atoms with Crippen LogP contribution in [0.4, 0.5) is 0 Å². The van der Waals surface area contributed by atoms with E-state index < -0.39 is 10.0 Å². The lowest BCUT2D eigenvalue weighted by Gasteiger charge is -2.24. The van der Waals surface area contributed by atoms with Crippen molar-refractivity contribution in [2.24, 2.45) is 0 Å². The Hall–Kier alpha value is -1.41. The summed E-state index contributed by atoms with van der Waals surface area (Å²) >= 11 is 7.55. The number of likely N-dealkylation sites (tertiary alicyclic amines) is 1. The van der Waals surface area contributed by atoms with Crippen LogP contribution in [0.1, 0.15) is 30.9 Å². The van der Waals surface area contributed by atoms with Crippen molar-refractivity contribution in [3.8, 4) is 0 Å². The van der Waals surface area contributed by atoms with Gasteiger partial charge in [-0.3, -0.25) is 4.79 Å². The maximum Gasteiger partial charge on any atom is 0.242 e. The SMILES string of the molecule is O=C(CCNS(=O)(=O)c1ccccc1Cl)N1CCCC1c1ccsc1. The fraction of sp³-hybridized carbons (Fsp3) is 0.353. The van der Waals surface area contributed by atoms with Gasteiger partial charge in [0.2, 0.25) is 15.9 Å². The van der Waals surface area contributed by atoms with Crippen LogP contribution in [0.5, 0.6) is 0 Å². The van der Waals surface area contributed by atoms with Gasteiger partial charge in [-0.25, -0.2) is 13.1 Å². The van der Waals surface area contributed by atoms with Gasteiger partial charge in [0.1, 0.15) is 4.90 Å². The number of thiophene rings is 1. The van der Waals surface area contributed by atoms with Crippen LogP contribution in [-0.4, -0.2) is 32.3 Å². The molecule has 2 heterocycles. The quantitative estimate of drug-likeness (QED) is 0.810. The van der Waals surface area contributed by atoms with E-state index in [-0.39, 0.29) is 34.8 Å². The van der Waals surface area contributed by atoms with E-state index in [1.54, 1.807) is 23.5 Å². The second-order valence-corrected chi connectivity index (χ2v) is 8.80. The lowest BCUT2D eigenvalue weighted by Crippen LogP contribution is -2.34. The first-order valence-electron chi connectivity index (χ1n) is 8.05. The topological polar surface area (TPSA) is 66.5 Å². The van der Waals surface area contributed by atoms with E-state index >= 15 is 0 Å². The van der Waals surface area contributed by atoms with Crippen molar-refractivity contribution in [3.63, 3.8) is 0 Å². The van der Waals surface area contributed by atoms with Crippen LogP contribution in [0.25, 0.3) is 0 Å². The Balaban J connectivity index is 1.58. The summed E-state index contributed by atoms with van der Waals surface area (Å²) in [6, 6.07) is 8.40. The molecule has 0 aliphatic carbocycles. The lowest BCUT2D eigenvalue weighted by atomic mass is 10.1. The molecule has 1 aromatic carbocycles. The maximum absolute atomic E-state index is 12.5. The Labute approximate surface area is 156 Å². The molecule has 0 bridgehead atoms. The lowest BCUT2D eigenvalue weighted by molar-refractivity contribution is -0.131. The first-order valence-corrected chi connectivity index (χ1v) is 10.9. The van der Waals surface area contributed by atoms with Crippen LogP contribution in [0, 0.1) is 0 Å². The number of benzene rings is 1. The molecule has 0 radical (unpaired) electrons. The third-order valence-electron chi connectivity index (χ3n) is 4.26. The van der Waals surface area contributed by atoms with Gasteiger partial charge in [-0.05, 0) is 47.4 Å². The minimum atomic E-state index is -3.72. The van der Waals surface area contributed by atoms with Gasteiger partial charge in [-0.2, -0.15) is 11.3 Å². The number of nitrogens with zero attached hydrogens (tertiary/aromatic N) is 1. The summed E-state index contributed by atoms with van der Waals surface area (Å²) in [5, 5.41) is 4.24. The van der Waals surface area contributed by atoms with Crippen molar-refractivity contribution in [2.45, 2.75) is 30.2 Å². The van der Waals surface area contributed by atoms with Crippen molar-refractivity contribution in [1.82, 2.24) is 9.62 Å². The van der Waals surface area contributed by atoms with E-state index in [2.05, 4.69) is 10.1 Å². The Bertz CT molecular complexity index is 837. The zero-order valence-electron chi connectivity index (χ0n) is 13.5. The summed E-state index contributed by atoms with van der Waals surface area (Å²) in [5.74, 6) is -0.0319. The smallest absolute Gasteiger partial charge is 0.242 e. The van der Waals surface area contributed by atoms with Crippen LogP contribution in [-0.2, 0) is 14.8 Å². The summed E-state index contributed by atoms with van der Waals surface area (Å²) in [4.78, 5) is 14.4. The number of rotatable bonds is 6. The van der Waals surface area contributed by atoms with Crippen molar-refractivity contribution in [2.75, 3.05) is 13.1 Å². The van der Waals surface area contributed by atoms with E-state index in [0.29, 0.717) is 0 Å². The molecule has 1 aliphatic heterocycles. The number of carbonyl (C=O) groups is 1. The molecule has 0 saturated carbocycles. The van der Waals surface area contributed by atoms with Crippen LogP contribution in [0.15, 0.2) is 46.0 Å². The first kappa shape index (κ1) is 18.4. The second-order valence-electron chi connectivity index (χ2n) is 5.88. The molecule has 1 aliphatic rings. The van der Waals surface area contributed by atoms with Gasteiger partial charge in [0.15, 0.2) is 0 Å². The molecule has 3 rings (SSSR count). The summed E-state index contributed by atoms with van der Waals surface area (Å²) in [5.41, 5.74) is 1.16. The summed E-state index contributed by atoms with van der Waals surface area (Å²) < 4.78 is 27.0. The number of hydrogen-bond donors (Lipinski definition) is 1. The number of sulfonamides is 1. The number of amides is 1. The van der Waals surface area contributed by atoms with Gasteiger partial charge in [0.05, 0.1) is 11.1 Å². The zero-order valence-corrected chi connectivity index (χ0v) is 15.9. The van der Waals surface area contributed by atoms with Gasteiger partial charge in [-0.1, -0.05) is 23.7 Å². The van der Waals surface area contributed by atoms with Crippen molar-refractivity contribution in [3.05, 3.63) is 51.7 Å². The van der Waals surface area contributed by atoms with Crippen LogP contribution in [0.3, 0.4) is 0 Å². The highest BCUT2D eigenvalue weighted by molar-refractivity contribution is 7.89. The minimum absolute atomic E-state index is 0.0291. The number of nitrogens with one attached hydrogen (secondary N) is 1. The molecule has 5 nitrogen and oxygen atoms in total. The average molecular weight is 399 g/mol. The number of hydrogen-bond acceptors (Lipinski definition) is 4. The Morgan fingerprint density at radius 3 is 2.84 bits per heavy atom. The van der Waals surface area contributed by atoms with Crippen molar-refractivity contribution >= 4 is 38.9 Å². The van der Waals surface area contributed by atoms with Crippen LogP contribution >= 0.6 is 22.9 Å². The summed E-state index contributed by atoms with van der Waals surface area (Å²) in [7, 11) is -3.72. The van der Waals surface area contributed by atoms with E-state index in [9.17, 15) is 13.2 Å². The molecule has 1 saturated heterocycles. The average Bonchev–Trinajstić information content (AvgIpc) is 3.26. The van der Waals surface area contributed by atoms with Gasteiger partial charge in [0, 0.05) is 19.5 Å². The van der Waals surface area contributed by atoms with E-state index in [1.165, 1.54) is 12.1 Å². The van der Waals surface area contributed by atoms with Crippen molar-refractivity contribution < 1.29 is 13.2 Å². The summed E-state index contributed by atoms with van der Waals surface area (Å²) in [6.45, 7) is 0.774. The largest absolute Gasteiger partial charge is 0.336 e. The molecule has 134 valence electrons. The zero-order chi connectivity index (χ0) is 17.9. The van der Waals surface area contributed by atoms with Gasteiger partial charge in [-0.15, -0.1) is 0 Å². The molecular weight excluding hydrogens is 380 g/mol. The Morgan fingerprint density at radius 2 is 2.12 bits per heavy atom. The standard InChI is InChI=1S/C17H19ClN2O3S2/c18-14-4-1-2-6-16(14)25(22,23)19-9-7-17(21)20-10-3-5-15(20)13-8-11-24-12-13/h1-2,4,6,8,11-12,15,19H,3,5,7,9-10H2. The first-order chi connectivity index (χ1) is 12.0. The molecule has 1 unspecified atom stereocenters. The Morgan fingerprint density at radius 1 is 1.32 bits per heavy atom. The van der Waals surface area contributed by atoms with E-state index in [1.807, 2.05) is 16.3 Å². The highest BCUT2D eigenvalue weighted by atomic mass is 35.5. The van der Waals surface area contributed by atoms with E-state index in [0.717, 1.165) is 24.9 Å². The fourth-order valence-corrected chi connectivity index (χ4v) is 5.31. The van der Waals surface area contributed by atoms with E-state index in [4.69, 9.17) is 11.6 Å². The highest BCUT2D eigenvalue weighted by Crippen LogP contribution is 2.33. The molecule has 1 atom stereocenters. The van der Waals surface area contributed by atoms with Crippen LogP contribution in [0.2, 0.25) is 5.02 Å². The third-order valence-corrected chi connectivity index (χ3v) is 6.92. The van der Waals surface area contributed by atoms with Crippen LogP contribution < -0.4 is 4.72 Å². The normalized spacial score (nSPS) is 17.8. The molecule has 25 heavy (non-hydrogen) atoms. The minimum Gasteiger partial charge on any atom is -0.336 e. The van der Waals surface area contributed by atoms with Gasteiger partial charge in [0.25, 0.3) is 0 Å².